The van der Waals surface area contributed by atoms with E-state index in [4.69, 9.17) is 10.7 Å². The molecule has 0 radical (unpaired) electrons. The maximum Gasteiger partial charge on any atom is 0.217 e. The molecule has 2 aliphatic heterocycles. The minimum Gasteiger partial charge on any atom is -0.370 e. The maximum absolute atomic E-state index is 11.3. The first-order chi connectivity index (χ1) is 14.5. The third-order valence-corrected chi connectivity index (χ3v) is 6.33. The molecule has 0 aliphatic carbocycles. The van der Waals surface area contributed by atoms with Gasteiger partial charge in [-0.3, -0.25) is 9.69 Å². The average Bonchev–Trinajstić information content (AvgIpc) is 2.73. The van der Waals surface area contributed by atoms with Crippen LogP contribution in [0.25, 0.3) is 0 Å². The molecule has 0 spiro atoms. The Balaban J connectivity index is 0.00000341. The molecular formula is C24H40IN5O. The molecule has 2 saturated heterocycles. The zero-order valence-electron chi connectivity index (χ0n) is 19.2. The monoisotopic (exact) mass is 541 g/mol. The van der Waals surface area contributed by atoms with Gasteiger partial charge in [0, 0.05) is 32.6 Å². The van der Waals surface area contributed by atoms with Crippen molar-refractivity contribution >= 4 is 35.8 Å². The second-order valence-corrected chi connectivity index (χ2v) is 9.07. The standard InChI is InChI=1S/C24H39N5O.HI/c1-3-26-24(29-11-5-8-22(18-29)15-23(25)30)27-16-20-6-4-7-21(14-20)17-28-12-9-19(2)10-13-28;/h4,6-7,14,19,22H,3,5,8-13,15-18H2,1-2H3,(H2,25,30)(H,26,27);1H. The second kappa shape index (κ2) is 13.3. The first-order valence-corrected chi connectivity index (χ1v) is 11.6. The lowest BCUT2D eigenvalue weighted by atomic mass is 9.95. The molecule has 6 nitrogen and oxygen atoms in total. The van der Waals surface area contributed by atoms with Gasteiger partial charge in [-0.25, -0.2) is 4.99 Å². The molecule has 1 atom stereocenters. The van der Waals surface area contributed by atoms with Crippen LogP contribution in [-0.4, -0.2) is 54.4 Å². The number of primary amides is 1. The molecule has 1 aromatic carbocycles. The lowest BCUT2D eigenvalue weighted by molar-refractivity contribution is -0.119. The van der Waals surface area contributed by atoms with Crippen LogP contribution in [-0.2, 0) is 17.9 Å². The highest BCUT2D eigenvalue weighted by Gasteiger charge is 2.23. The number of hydrogen-bond donors (Lipinski definition) is 2. The molecule has 3 rings (SSSR count). The van der Waals surface area contributed by atoms with E-state index in [0.29, 0.717) is 18.9 Å². The lowest BCUT2D eigenvalue weighted by Gasteiger charge is -2.34. The SMILES string of the molecule is CCNC(=NCc1cccc(CN2CCC(C)CC2)c1)N1CCCC(CC(N)=O)C1.I. The Labute approximate surface area is 205 Å². The quantitative estimate of drug-likeness (QED) is 0.315. The minimum absolute atomic E-state index is 0. The highest BCUT2D eigenvalue weighted by atomic mass is 127. The van der Waals surface area contributed by atoms with E-state index in [1.54, 1.807) is 0 Å². The van der Waals surface area contributed by atoms with Gasteiger partial charge in [0.1, 0.15) is 0 Å². The zero-order chi connectivity index (χ0) is 21.3. The van der Waals surface area contributed by atoms with Gasteiger partial charge in [0.05, 0.1) is 6.54 Å². The van der Waals surface area contributed by atoms with Gasteiger partial charge in [-0.2, -0.15) is 0 Å². The number of nitrogens with one attached hydrogen (secondary N) is 1. The third kappa shape index (κ3) is 8.60. The summed E-state index contributed by atoms with van der Waals surface area (Å²) in [5.74, 6) is 1.94. The Morgan fingerprint density at radius 2 is 1.94 bits per heavy atom. The number of likely N-dealkylation sites (tertiary alicyclic amines) is 2. The molecule has 3 N–H and O–H groups in total. The van der Waals surface area contributed by atoms with E-state index < -0.39 is 0 Å². The summed E-state index contributed by atoms with van der Waals surface area (Å²) in [6, 6.07) is 8.86. The number of benzene rings is 1. The smallest absolute Gasteiger partial charge is 0.217 e. The molecular weight excluding hydrogens is 501 g/mol. The Morgan fingerprint density at radius 1 is 1.19 bits per heavy atom. The number of carbonyl (C=O) groups excluding carboxylic acids is 1. The fraction of sp³-hybridized carbons (Fsp3) is 0.667. The molecule has 0 aromatic heterocycles. The van der Waals surface area contributed by atoms with Gasteiger partial charge in [-0.15, -0.1) is 24.0 Å². The Hall–Kier alpha value is -1.35. The molecule has 7 heteroatoms. The summed E-state index contributed by atoms with van der Waals surface area (Å²) in [4.78, 5) is 21.1. The number of hydrogen-bond acceptors (Lipinski definition) is 3. The van der Waals surface area contributed by atoms with Crippen molar-refractivity contribution < 1.29 is 4.79 Å². The Morgan fingerprint density at radius 3 is 2.65 bits per heavy atom. The van der Waals surface area contributed by atoms with E-state index in [-0.39, 0.29) is 29.9 Å². The van der Waals surface area contributed by atoms with Crippen molar-refractivity contribution in [1.82, 2.24) is 15.1 Å². The van der Waals surface area contributed by atoms with Gasteiger partial charge in [0.2, 0.25) is 5.91 Å². The largest absolute Gasteiger partial charge is 0.370 e. The van der Waals surface area contributed by atoms with E-state index in [1.165, 1.54) is 37.1 Å². The predicted octanol–water partition coefficient (Wildman–Crippen LogP) is 3.59. The van der Waals surface area contributed by atoms with Crippen LogP contribution < -0.4 is 11.1 Å². The molecule has 174 valence electrons. The highest BCUT2D eigenvalue weighted by molar-refractivity contribution is 14.0. The topological polar surface area (TPSA) is 74.0 Å². The predicted molar refractivity (Wildman–Crippen MR) is 138 cm³/mol. The summed E-state index contributed by atoms with van der Waals surface area (Å²) in [6.07, 6.45) is 5.22. The summed E-state index contributed by atoms with van der Waals surface area (Å²) in [7, 11) is 0. The van der Waals surface area contributed by atoms with E-state index in [1.807, 2.05) is 0 Å². The van der Waals surface area contributed by atoms with Crippen LogP contribution in [0.15, 0.2) is 29.3 Å². The molecule has 1 amide bonds. The van der Waals surface area contributed by atoms with Crippen molar-refractivity contribution in [1.29, 1.82) is 0 Å². The summed E-state index contributed by atoms with van der Waals surface area (Å²) in [5, 5.41) is 3.43. The average molecular weight is 542 g/mol. The third-order valence-electron chi connectivity index (χ3n) is 6.33. The van der Waals surface area contributed by atoms with Crippen LogP contribution in [0.5, 0.6) is 0 Å². The molecule has 1 aromatic rings. The van der Waals surface area contributed by atoms with Crippen LogP contribution in [0, 0.1) is 11.8 Å². The number of amides is 1. The summed E-state index contributed by atoms with van der Waals surface area (Å²) in [6.45, 7) is 11.2. The highest BCUT2D eigenvalue weighted by Crippen LogP contribution is 2.20. The van der Waals surface area contributed by atoms with Gasteiger partial charge < -0.3 is 16.0 Å². The van der Waals surface area contributed by atoms with Crippen LogP contribution in [0.2, 0.25) is 0 Å². The van der Waals surface area contributed by atoms with E-state index >= 15 is 0 Å². The number of piperidine rings is 2. The summed E-state index contributed by atoms with van der Waals surface area (Å²) >= 11 is 0. The van der Waals surface area contributed by atoms with Crippen molar-refractivity contribution in [3.05, 3.63) is 35.4 Å². The molecule has 1 unspecified atom stereocenters. The number of aliphatic imine (C=N–C) groups is 1. The van der Waals surface area contributed by atoms with Crippen molar-refractivity contribution in [2.24, 2.45) is 22.6 Å². The molecule has 0 saturated carbocycles. The Bertz CT molecular complexity index is 718. The first-order valence-electron chi connectivity index (χ1n) is 11.6. The van der Waals surface area contributed by atoms with Crippen LogP contribution >= 0.6 is 24.0 Å². The fourth-order valence-electron chi connectivity index (χ4n) is 4.61. The van der Waals surface area contributed by atoms with Crippen LogP contribution in [0.1, 0.15) is 57.1 Å². The van der Waals surface area contributed by atoms with Crippen molar-refractivity contribution in [3.63, 3.8) is 0 Å². The molecule has 2 fully saturated rings. The molecule has 0 bridgehead atoms. The van der Waals surface area contributed by atoms with E-state index in [9.17, 15) is 4.79 Å². The van der Waals surface area contributed by atoms with Crippen LogP contribution in [0.4, 0.5) is 0 Å². The number of nitrogens with zero attached hydrogens (tertiary/aromatic N) is 3. The van der Waals surface area contributed by atoms with Crippen molar-refractivity contribution in [2.75, 3.05) is 32.7 Å². The lowest BCUT2D eigenvalue weighted by Crippen LogP contribution is -2.47. The van der Waals surface area contributed by atoms with E-state index in [2.05, 4.69) is 53.2 Å². The number of guanidine groups is 1. The number of rotatable bonds is 7. The van der Waals surface area contributed by atoms with Crippen molar-refractivity contribution in [2.45, 2.75) is 59.0 Å². The summed E-state index contributed by atoms with van der Waals surface area (Å²) in [5.41, 5.74) is 8.05. The fourth-order valence-corrected chi connectivity index (χ4v) is 4.61. The molecule has 2 heterocycles. The molecule has 31 heavy (non-hydrogen) atoms. The number of nitrogens with two attached hydrogens (primary N) is 1. The second-order valence-electron chi connectivity index (χ2n) is 9.07. The number of halogens is 1. The zero-order valence-corrected chi connectivity index (χ0v) is 21.5. The summed E-state index contributed by atoms with van der Waals surface area (Å²) < 4.78 is 0. The van der Waals surface area contributed by atoms with Gasteiger partial charge >= 0.3 is 0 Å². The maximum atomic E-state index is 11.3. The van der Waals surface area contributed by atoms with Crippen molar-refractivity contribution in [3.8, 4) is 0 Å². The van der Waals surface area contributed by atoms with E-state index in [0.717, 1.165) is 50.9 Å². The van der Waals surface area contributed by atoms with Crippen LogP contribution in [0.3, 0.4) is 0 Å². The van der Waals surface area contributed by atoms with Gasteiger partial charge in [0.15, 0.2) is 5.96 Å². The Kier molecular flexibility index (Phi) is 11.1. The van der Waals surface area contributed by atoms with Gasteiger partial charge in [0.25, 0.3) is 0 Å². The van der Waals surface area contributed by atoms with Gasteiger partial charge in [-0.1, -0.05) is 31.2 Å². The normalized spacial score (nSPS) is 20.9. The first kappa shape index (κ1) is 25.9. The minimum atomic E-state index is -0.205. The molecule has 2 aliphatic rings. The number of carbonyl (C=O) groups is 1. The van der Waals surface area contributed by atoms with Gasteiger partial charge in [-0.05, 0) is 68.7 Å².